The molecule has 0 saturated carbocycles. The van der Waals surface area contributed by atoms with Crippen LogP contribution in [0.3, 0.4) is 0 Å². The van der Waals surface area contributed by atoms with Gasteiger partial charge in [-0.3, -0.25) is 10.1 Å². The molecule has 1 fully saturated rings. The van der Waals surface area contributed by atoms with Gasteiger partial charge < -0.3 is 4.90 Å². The molecule has 2 rings (SSSR count). The summed E-state index contributed by atoms with van der Waals surface area (Å²) in [6, 6.07) is 10.3. The van der Waals surface area contributed by atoms with Crippen molar-refractivity contribution in [1.29, 1.82) is 0 Å². The Hall–Kier alpha value is -1.35. The molecule has 0 aliphatic carbocycles. The molecule has 1 heterocycles. The predicted molar refractivity (Wildman–Crippen MR) is 73.2 cm³/mol. The van der Waals surface area contributed by atoms with Crippen LogP contribution >= 0.6 is 0 Å². The Bertz CT molecular complexity index is 418. The fourth-order valence-electron chi connectivity index (χ4n) is 2.62. The molecule has 0 bridgehead atoms. The summed E-state index contributed by atoms with van der Waals surface area (Å²) in [6.07, 6.45) is 1.84. The Morgan fingerprint density at radius 2 is 2.00 bits per heavy atom. The van der Waals surface area contributed by atoms with Crippen LogP contribution in [0.5, 0.6) is 0 Å². The maximum atomic E-state index is 12.2. The van der Waals surface area contributed by atoms with E-state index in [0.29, 0.717) is 0 Å². The Morgan fingerprint density at radius 3 is 2.61 bits per heavy atom. The highest BCUT2D eigenvalue weighted by Crippen LogP contribution is 2.24. The van der Waals surface area contributed by atoms with E-state index in [4.69, 9.17) is 0 Å². The number of nitrogens with zero attached hydrogens (tertiary/aromatic N) is 1. The molecular weight excluding hydrogens is 224 g/mol. The van der Waals surface area contributed by atoms with Crippen LogP contribution in [0.1, 0.15) is 32.8 Å². The largest absolute Gasteiger partial charge is 0.323 e. The number of rotatable bonds is 4. The minimum atomic E-state index is -0.189. The van der Waals surface area contributed by atoms with Crippen LogP contribution in [-0.2, 0) is 11.2 Å². The average Bonchev–Trinajstić information content (AvgIpc) is 2.60. The first-order valence-corrected chi connectivity index (χ1v) is 6.70. The van der Waals surface area contributed by atoms with Crippen molar-refractivity contribution in [2.75, 3.05) is 6.54 Å². The second-order valence-electron chi connectivity index (χ2n) is 5.22. The quantitative estimate of drug-likeness (QED) is 0.883. The Kier molecular flexibility index (Phi) is 3.71. The minimum Gasteiger partial charge on any atom is -0.323 e. The second kappa shape index (κ2) is 5.11. The van der Waals surface area contributed by atoms with Gasteiger partial charge in [0.1, 0.15) is 0 Å². The summed E-state index contributed by atoms with van der Waals surface area (Å²) in [4.78, 5) is 14.2. The third kappa shape index (κ3) is 2.41. The summed E-state index contributed by atoms with van der Waals surface area (Å²) in [7, 11) is 0. The molecule has 1 saturated heterocycles. The first-order valence-electron chi connectivity index (χ1n) is 6.70. The smallest absolute Gasteiger partial charge is 0.240 e. The summed E-state index contributed by atoms with van der Waals surface area (Å²) in [6.45, 7) is 6.95. The van der Waals surface area contributed by atoms with E-state index in [1.54, 1.807) is 0 Å². The minimum absolute atomic E-state index is 0.0641. The van der Waals surface area contributed by atoms with Gasteiger partial charge in [-0.05, 0) is 32.3 Å². The van der Waals surface area contributed by atoms with Gasteiger partial charge in [-0.1, -0.05) is 37.3 Å². The first-order chi connectivity index (χ1) is 8.57. The van der Waals surface area contributed by atoms with E-state index < -0.39 is 0 Å². The molecule has 0 unspecified atom stereocenters. The highest BCUT2D eigenvalue weighted by Gasteiger charge is 2.43. The number of nitrogens with one attached hydrogen (secondary N) is 1. The third-order valence-corrected chi connectivity index (χ3v) is 3.92. The number of hydrogen-bond donors (Lipinski definition) is 1. The molecule has 1 aromatic carbocycles. The molecule has 0 radical (unpaired) electrons. The van der Waals surface area contributed by atoms with Crippen molar-refractivity contribution in [1.82, 2.24) is 10.2 Å². The summed E-state index contributed by atoms with van der Waals surface area (Å²) >= 11 is 0. The monoisotopic (exact) mass is 246 g/mol. The fraction of sp³-hybridized carbons (Fsp3) is 0.533. The molecule has 1 aliphatic rings. The van der Waals surface area contributed by atoms with Gasteiger partial charge in [0.2, 0.25) is 5.91 Å². The molecule has 1 amide bonds. The number of amides is 1. The van der Waals surface area contributed by atoms with Crippen molar-refractivity contribution < 1.29 is 4.79 Å². The van der Waals surface area contributed by atoms with E-state index in [1.165, 1.54) is 5.56 Å². The summed E-state index contributed by atoms with van der Waals surface area (Å²) < 4.78 is 0. The lowest BCUT2D eigenvalue weighted by atomic mass is 10.1. The highest BCUT2D eigenvalue weighted by molar-refractivity contribution is 5.84. The van der Waals surface area contributed by atoms with Gasteiger partial charge in [-0.25, -0.2) is 0 Å². The highest BCUT2D eigenvalue weighted by atomic mass is 16.2. The van der Waals surface area contributed by atoms with Crippen molar-refractivity contribution in [2.24, 2.45) is 0 Å². The standard InChI is InChI=1S/C15H22N2O/c1-4-15(3)16-12(2)14(18)17(15)11-10-13-8-6-5-7-9-13/h5-9,12,16H,4,10-11H2,1-3H3/t12-,15+/m0/s1. The number of carbonyl (C=O) groups excluding carboxylic acids is 1. The van der Waals surface area contributed by atoms with E-state index in [2.05, 4.69) is 31.3 Å². The molecule has 0 spiro atoms. The lowest BCUT2D eigenvalue weighted by Crippen LogP contribution is -2.50. The van der Waals surface area contributed by atoms with E-state index in [0.717, 1.165) is 19.4 Å². The van der Waals surface area contributed by atoms with Gasteiger partial charge in [-0.15, -0.1) is 0 Å². The van der Waals surface area contributed by atoms with E-state index >= 15 is 0 Å². The van der Waals surface area contributed by atoms with E-state index in [9.17, 15) is 4.79 Å². The molecule has 1 aliphatic heterocycles. The molecule has 1 N–H and O–H groups in total. The molecule has 18 heavy (non-hydrogen) atoms. The average molecular weight is 246 g/mol. The number of carbonyl (C=O) groups is 1. The molecule has 3 heteroatoms. The van der Waals surface area contributed by atoms with Crippen LogP contribution in [0.15, 0.2) is 30.3 Å². The van der Waals surface area contributed by atoms with Gasteiger partial charge in [0.15, 0.2) is 0 Å². The van der Waals surface area contributed by atoms with Crippen molar-refractivity contribution in [3.05, 3.63) is 35.9 Å². The van der Waals surface area contributed by atoms with Crippen LogP contribution in [0.2, 0.25) is 0 Å². The maximum Gasteiger partial charge on any atom is 0.240 e. The Morgan fingerprint density at radius 1 is 1.33 bits per heavy atom. The van der Waals surface area contributed by atoms with Crippen molar-refractivity contribution in [3.63, 3.8) is 0 Å². The molecule has 0 aromatic heterocycles. The van der Waals surface area contributed by atoms with Gasteiger partial charge in [0.25, 0.3) is 0 Å². The summed E-state index contributed by atoms with van der Waals surface area (Å²) in [5.74, 6) is 0.218. The summed E-state index contributed by atoms with van der Waals surface area (Å²) in [5.41, 5.74) is 1.09. The summed E-state index contributed by atoms with van der Waals surface area (Å²) in [5, 5.41) is 3.39. The maximum absolute atomic E-state index is 12.2. The zero-order valence-corrected chi connectivity index (χ0v) is 11.4. The van der Waals surface area contributed by atoms with Gasteiger partial charge >= 0.3 is 0 Å². The fourth-order valence-corrected chi connectivity index (χ4v) is 2.62. The molecule has 98 valence electrons. The van der Waals surface area contributed by atoms with Gasteiger partial charge in [0.05, 0.1) is 11.7 Å². The zero-order chi connectivity index (χ0) is 13.2. The van der Waals surface area contributed by atoms with E-state index in [1.807, 2.05) is 30.0 Å². The SMILES string of the molecule is CC[C@]1(C)N[C@@H](C)C(=O)N1CCc1ccccc1. The van der Waals surface area contributed by atoms with Crippen LogP contribution in [0, 0.1) is 0 Å². The Labute approximate surface area is 109 Å². The third-order valence-electron chi connectivity index (χ3n) is 3.92. The first kappa shape index (κ1) is 13.1. The molecular formula is C15H22N2O. The zero-order valence-electron chi connectivity index (χ0n) is 11.4. The lowest BCUT2D eigenvalue weighted by molar-refractivity contribution is -0.131. The topological polar surface area (TPSA) is 32.3 Å². The van der Waals surface area contributed by atoms with Crippen LogP contribution in [0.25, 0.3) is 0 Å². The molecule has 3 nitrogen and oxygen atoms in total. The predicted octanol–water partition coefficient (Wildman–Crippen LogP) is 2.18. The lowest BCUT2D eigenvalue weighted by Gasteiger charge is -2.34. The second-order valence-corrected chi connectivity index (χ2v) is 5.22. The van der Waals surface area contributed by atoms with Gasteiger partial charge in [-0.2, -0.15) is 0 Å². The normalized spacial score (nSPS) is 27.8. The Balaban J connectivity index is 2.05. The van der Waals surface area contributed by atoms with E-state index in [-0.39, 0.29) is 17.6 Å². The van der Waals surface area contributed by atoms with Crippen LogP contribution in [-0.4, -0.2) is 29.1 Å². The number of benzene rings is 1. The van der Waals surface area contributed by atoms with Crippen LogP contribution in [0.4, 0.5) is 0 Å². The van der Waals surface area contributed by atoms with Crippen LogP contribution < -0.4 is 5.32 Å². The van der Waals surface area contributed by atoms with Gasteiger partial charge in [0, 0.05) is 6.54 Å². The number of hydrogen-bond acceptors (Lipinski definition) is 2. The van der Waals surface area contributed by atoms with Crippen molar-refractivity contribution >= 4 is 5.91 Å². The van der Waals surface area contributed by atoms with Crippen molar-refractivity contribution in [2.45, 2.75) is 45.3 Å². The molecule has 2 atom stereocenters. The molecule has 1 aromatic rings. The van der Waals surface area contributed by atoms with Crippen molar-refractivity contribution in [3.8, 4) is 0 Å².